The Morgan fingerprint density at radius 2 is 1.87 bits per heavy atom. The summed E-state index contributed by atoms with van der Waals surface area (Å²) in [6.07, 6.45) is 1.53. The van der Waals surface area contributed by atoms with Crippen molar-refractivity contribution in [1.29, 1.82) is 0 Å². The van der Waals surface area contributed by atoms with Crippen molar-refractivity contribution in [3.63, 3.8) is 0 Å². The van der Waals surface area contributed by atoms with Gasteiger partial charge in [0.25, 0.3) is 5.04 Å². The van der Waals surface area contributed by atoms with Crippen LogP contribution in [0.25, 0.3) is 0 Å². The zero-order valence-corrected chi connectivity index (χ0v) is 11.6. The quantitative estimate of drug-likeness (QED) is 0.190. The van der Waals surface area contributed by atoms with Gasteiger partial charge in [-0.25, -0.2) is 13.4 Å². The summed E-state index contributed by atoms with van der Waals surface area (Å²) >= 11 is 2.80. The molecular weight excluding hydrogens is 234 g/mol. The van der Waals surface area contributed by atoms with Crippen LogP contribution < -0.4 is 0 Å². The first-order valence-electron chi connectivity index (χ1n) is 4.30. The molecule has 0 saturated carbocycles. The van der Waals surface area contributed by atoms with Gasteiger partial charge >= 0.3 is 6.09 Å². The van der Waals surface area contributed by atoms with E-state index in [0.717, 1.165) is 5.04 Å². The first-order valence-corrected chi connectivity index (χ1v) is 6.26. The lowest BCUT2D eigenvalue weighted by Crippen LogP contribution is -2.28. The summed E-state index contributed by atoms with van der Waals surface area (Å²) in [5.41, 5.74) is 0. The molecule has 1 amide bonds. The molecule has 88 valence electrons. The first kappa shape index (κ1) is 14.6. The minimum absolute atomic E-state index is 0.399. The summed E-state index contributed by atoms with van der Waals surface area (Å²) in [5, 5.41) is 0.923. The normalized spacial score (nSPS) is 12.5. The Morgan fingerprint density at radius 1 is 1.33 bits per heavy atom. The topological polar surface area (TPSA) is 35.8 Å². The molecule has 0 unspecified atom stereocenters. The zero-order chi connectivity index (χ0) is 12.0. The average Bonchev–Trinajstić information content (AvgIpc) is 2.15. The Hall–Kier alpha value is -0.400. The molecule has 5 nitrogen and oxygen atoms in total. The summed E-state index contributed by atoms with van der Waals surface area (Å²) in [6, 6.07) is 0. The highest BCUT2D eigenvalue weighted by Crippen LogP contribution is 2.10. The fourth-order valence-electron chi connectivity index (χ4n) is 0.646. The lowest BCUT2D eigenvalue weighted by molar-refractivity contribution is -0.738. The van der Waals surface area contributed by atoms with Crippen molar-refractivity contribution in [1.82, 2.24) is 8.61 Å². The lowest BCUT2D eigenvalue weighted by Gasteiger charge is -2.16. The molecule has 0 bridgehead atoms. The van der Waals surface area contributed by atoms with Crippen molar-refractivity contribution in [2.45, 2.75) is 6.92 Å². The molecule has 0 aliphatic heterocycles. The van der Waals surface area contributed by atoms with E-state index >= 15 is 0 Å². The Morgan fingerprint density at radius 3 is 2.27 bits per heavy atom. The predicted octanol–water partition coefficient (Wildman–Crippen LogP) is 1.52. The molecule has 0 aromatic carbocycles. The fourth-order valence-corrected chi connectivity index (χ4v) is 1.53. The van der Waals surface area contributed by atoms with Gasteiger partial charge in [0.2, 0.25) is 0 Å². The van der Waals surface area contributed by atoms with Crippen LogP contribution in [0.2, 0.25) is 0 Å². The second-order valence-corrected chi connectivity index (χ2v) is 5.41. The van der Waals surface area contributed by atoms with Crippen molar-refractivity contribution in [2.24, 2.45) is 0 Å². The second-order valence-electron chi connectivity index (χ2n) is 2.97. The van der Waals surface area contributed by atoms with Crippen molar-refractivity contribution in [3.05, 3.63) is 0 Å². The Kier molecular flexibility index (Phi) is 6.78. The standard InChI is InChI=1S/C8H18N3O2S2/c1-7(14-6)10(4)13-8(12)11(5)15-9(2)3/h1-6H3/q+1. The molecular formula is C8H18N3O2S2+. The van der Waals surface area contributed by atoms with Crippen LogP contribution in [-0.4, -0.2) is 58.9 Å². The molecule has 0 fully saturated rings. The summed E-state index contributed by atoms with van der Waals surface area (Å²) in [6.45, 7) is 1.89. The number of rotatable bonds is 3. The average molecular weight is 252 g/mol. The van der Waals surface area contributed by atoms with Crippen LogP contribution >= 0.6 is 23.9 Å². The van der Waals surface area contributed by atoms with Gasteiger partial charge in [0.15, 0.2) is 7.05 Å². The summed E-state index contributed by atoms with van der Waals surface area (Å²) < 4.78 is 4.69. The van der Waals surface area contributed by atoms with Gasteiger partial charge in [0.05, 0.1) is 0 Å². The maximum absolute atomic E-state index is 11.5. The summed E-state index contributed by atoms with van der Waals surface area (Å²) in [7, 11) is 7.09. The van der Waals surface area contributed by atoms with Crippen molar-refractivity contribution < 1.29 is 14.4 Å². The van der Waals surface area contributed by atoms with Crippen molar-refractivity contribution in [3.8, 4) is 0 Å². The largest absolute Gasteiger partial charge is 0.488 e. The smallest absolute Gasteiger partial charge is 0.238 e. The van der Waals surface area contributed by atoms with Crippen LogP contribution in [-0.2, 0) is 4.84 Å². The third-order valence-corrected chi connectivity index (χ3v) is 3.07. The highest BCUT2D eigenvalue weighted by Gasteiger charge is 2.18. The van der Waals surface area contributed by atoms with E-state index in [1.165, 1.54) is 32.9 Å². The zero-order valence-electron chi connectivity index (χ0n) is 9.97. The third kappa shape index (κ3) is 5.91. The first-order chi connectivity index (χ1) is 6.88. The maximum atomic E-state index is 11.5. The Balaban J connectivity index is 4.25. The van der Waals surface area contributed by atoms with Gasteiger partial charge in [-0.05, 0) is 25.1 Å². The van der Waals surface area contributed by atoms with Crippen molar-refractivity contribution >= 4 is 35.0 Å². The molecule has 15 heavy (non-hydrogen) atoms. The van der Waals surface area contributed by atoms with Gasteiger partial charge in [-0.2, -0.15) is 4.84 Å². The monoisotopic (exact) mass is 252 g/mol. The number of thioether (sulfide) groups is 1. The molecule has 0 rings (SSSR count). The van der Waals surface area contributed by atoms with Gasteiger partial charge < -0.3 is 0 Å². The van der Waals surface area contributed by atoms with Gasteiger partial charge in [-0.3, -0.25) is 0 Å². The number of hydrogen-bond acceptors (Lipinski definition) is 5. The van der Waals surface area contributed by atoms with E-state index < -0.39 is 6.09 Å². The fraction of sp³-hybridized carbons (Fsp3) is 0.750. The highest BCUT2D eigenvalue weighted by molar-refractivity contribution is 8.13. The maximum Gasteiger partial charge on any atom is 0.488 e. The highest BCUT2D eigenvalue weighted by atomic mass is 32.2. The van der Waals surface area contributed by atoms with Crippen LogP contribution in [0.3, 0.4) is 0 Å². The molecule has 7 heteroatoms. The van der Waals surface area contributed by atoms with E-state index in [9.17, 15) is 4.79 Å². The van der Waals surface area contributed by atoms with E-state index in [4.69, 9.17) is 4.84 Å². The molecule has 0 aliphatic rings. The Bertz CT molecular complexity index is 256. The van der Waals surface area contributed by atoms with E-state index in [0.29, 0.717) is 0 Å². The number of hydroxylamine groups is 1. The van der Waals surface area contributed by atoms with Crippen molar-refractivity contribution in [2.75, 3.05) is 34.4 Å². The van der Waals surface area contributed by atoms with E-state index in [1.807, 2.05) is 31.6 Å². The molecule has 0 atom stereocenters. The van der Waals surface area contributed by atoms with Crippen LogP contribution in [0.1, 0.15) is 6.92 Å². The van der Waals surface area contributed by atoms with E-state index in [2.05, 4.69) is 0 Å². The van der Waals surface area contributed by atoms with Gasteiger partial charge in [0, 0.05) is 26.1 Å². The molecule has 0 N–H and O–H groups in total. The number of hydrogen-bond donors (Lipinski definition) is 0. The summed E-state index contributed by atoms with van der Waals surface area (Å²) in [5.74, 6) is 0. The molecule has 0 spiro atoms. The number of carbonyl (C=O) groups is 1. The van der Waals surface area contributed by atoms with Crippen LogP contribution in [0, 0.1) is 0 Å². The second kappa shape index (κ2) is 6.97. The molecule has 0 aliphatic carbocycles. The van der Waals surface area contributed by atoms with Crippen LogP contribution in [0.5, 0.6) is 0 Å². The van der Waals surface area contributed by atoms with Crippen LogP contribution in [0.15, 0.2) is 0 Å². The minimum Gasteiger partial charge on any atom is -0.238 e. The van der Waals surface area contributed by atoms with Gasteiger partial charge in [0.1, 0.15) is 0 Å². The molecule has 0 aromatic heterocycles. The number of nitrogens with zero attached hydrogens (tertiary/aromatic N) is 3. The molecule has 0 radical (unpaired) electrons. The number of carbonyl (C=O) groups excluding carboxylic acids is 1. The number of amides is 1. The van der Waals surface area contributed by atoms with E-state index in [-0.39, 0.29) is 0 Å². The minimum atomic E-state index is -0.399. The van der Waals surface area contributed by atoms with E-state index in [1.54, 1.807) is 14.1 Å². The molecule has 0 heterocycles. The third-order valence-electron chi connectivity index (χ3n) is 1.50. The molecule has 0 aromatic rings. The Labute approximate surface area is 99.7 Å². The lowest BCUT2D eigenvalue weighted by atomic mass is 10.9. The SMILES string of the molecule is CSC(C)=[N+](C)OC(=O)N(C)SN(C)C. The van der Waals surface area contributed by atoms with Crippen LogP contribution in [0.4, 0.5) is 4.79 Å². The van der Waals surface area contributed by atoms with Gasteiger partial charge in [-0.1, -0.05) is 11.8 Å². The van der Waals surface area contributed by atoms with Gasteiger partial charge in [-0.15, -0.1) is 0 Å². The predicted molar refractivity (Wildman–Crippen MR) is 65.9 cm³/mol. The molecule has 0 saturated heterocycles. The summed E-state index contributed by atoms with van der Waals surface area (Å²) in [4.78, 5) is 16.6.